The van der Waals surface area contributed by atoms with Gasteiger partial charge in [0.15, 0.2) is 0 Å². The SMILES string of the molecule is Cc1ccc(COc2ccccc2C2c3sc(=O)[nH]c3SC3C(=O)N(c4ccccc4C(F)(F)F)C(=O)C32)cc1. The number of ether oxygens (including phenoxy) is 1. The number of hydrogen-bond acceptors (Lipinski definition) is 6. The number of aromatic nitrogens is 1. The standard InChI is InChI=1S/C29H21F3N2O4S2/c1-15-10-12-16(13-11-15)14-38-20-9-5-2-6-17(20)21-22-24(39-25-23(21)40-28(37)33-25)27(36)34(26(22)35)19-8-4-3-7-18(19)29(30,31)32/h2-13,21-22,24H,14H2,1H3,(H,33,37). The molecule has 40 heavy (non-hydrogen) atoms. The van der Waals surface area contributed by atoms with E-state index in [1.807, 2.05) is 31.2 Å². The second kappa shape index (κ2) is 9.97. The molecular weight excluding hydrogens is 561 g/mol. The largest absolute Gasteiger partial charge is 0.489 e. The Bertz CT molecular complexity index is 1680. The molecule has 1 aromatic heterocycles. The van der Waals surface area contributed by atoms with Crippen LogP contribution in [0.2, 0.25) is 0 Å². The third kappa shape index (κ3) is 4.52. The van der Waals surface area contributed by atoms with Crippen molar-refractivity contribution < 1.29 is 27.5 Å². The van der Waals surface area contributed by atoms with Crippen molar-refractivity contribution in [2.24, 2.45) is 5.92 Å². The third-order valence-electron chi connectivity index (χ3n) is 7.04. The van der Waals surface area contributed by atoms with Gasteiger partial charge in [-0.25, -0.2) is 4.90 Å². The van der Waals surface area contributed by atoms with Crippen LogP contribution in [0.25, 0.3) is 0 Å². The van der Waals surface area contributed by atoms with Crippen molar-refractivity contribution in [1.82, 2.24) is 4.98 Å². The summed E-state index contributed by atoms with van der Waals surface area (Å²) in [6.07, 6.45) is -4.77. The lowest BCUT2D eigenvalue weighted by atomic mass is 9.82. The van der Waals surface area contributed by atoms with Crippen LogP contribution < -0.4 is 14.5 Å². The molecule has 1 N–H and O–H groups in total. The first-order valence-electron chi connectivity index (χ1n) is 12.3. The van der Waals surface area contributed by atoms with Gasteiger partial charge in [0.1, 0.15) is 17.6 Å². The van der Waals surface area contributed by atoms with Crippen molar-refractivity contribution in [1.29, 1.82) is 0 Å². The van der Waals surface area contributed by atoms with Crippen LogP contribution >= 0.6 is 23.1 Å². The van der Waals surface area contributed by atoms with E-state index in [1.165, 1.54) is 12.1 Å². The predicted octanol–water partition coefficient (Wildman–Crippen LogP) is 6.14. The maximum absolute atomic E-state index is 14.0. The molecular formula is C29H21F3N2O4S2. The molecule has 0 saturated carbocycles. The maximum atomic E-state index is 14.0. The van der Waals surface area contributed by atoms with Gasteiger partial charge in [0.25, 0.3) is 0 Å². The Morgan fingerprint density at radius 3 is 2.38 bits per heavy atom. The van der Waals surface area contributed by atoms with E-state index in [0.717, 1.165) is 46.4 Å². The van der Waals surface area contributed by atoms with Crippen LogP contribution in [0.1, 0.15) is 33.0 Å². The van der Waals surface area contributed by atoms with Crippen LogP contribution in [0.4, 0.5) is 18.9 Å². The maximum Gasteiger partial charge on any atom is 0.418 e. The molecule has 0 aliphatic carbocycles. The topological polar surface area (TPSA) is 79.5 Å². The van der Waals surface area contributed by atoms with Crippen molar-refractivity contribution in [3.63, 3.8) is 0 Å². The summed E-state index contributed by atoms with van der Waals surface area (Å²) in [5.41, 5.74) is 1.03. The number of nitrogens with zero attached hydrogens (tertiary/aromatic N) is 1. The smallest absolute Gasteiger partial charge is 0.418 e. The number of carbonyl (C=O) groups is 2. The summed E-state index contributed by atoms with van der Waals surface area (Å²) in [7, 11) is 0. The van der Waals surface area contributed by atoms with E-state index in [1.54, 1.807) is 24.3 Å². The van der Waals surface area contributed by atoms with Crippen LogP contribution in [0.5, 0.6) is 5.75 Å². The summed E-state index contributed by atoms with van der Waals surface area (Å²) in [4.78, 5) is 43.6. The number of aromatic amines is 1. The number of fused-ring (bicyclic) bond motifs is 2. The number of rotatable bonds is 5. The number of aryl methyl sites for hydroxylation is 1. The average molecular weight is 583 g/mol. The number of anilines is 1. The number of H-pyrrole nitrogens is 1. The van der Waals surface area contributed by atoms with Crippen molar-refractivity contribution in [3.8, 4) is 5.75 Å². The number of thioether (sulfide) groups is 1. The molecule has 204 valence electrons. The van der Waals surface area contributed by atoms with Gasteiger partial charge in [-0.2, -0.15) is 13.2 Å². The minimum atomic E-state index is -4.77. The van der Waals surface area contributed by atoms with Gasteiger partial charge < -0.3 is 9.72 Å². The van der Waals surface area contributed by atoms with Gasteiger partial charge in [0, 0.05) is 16.4 Å². The molecule has 0 radical (unpaired) electrons. The van der Waals surface area contributed by atoms with Gasteiger partial charge in [-0.1, -0.05) is 83.3 Å². The summed E-state index contributed by atoms with van der Waals surface area (Å²) in [6, 6.07) is 19.4. The summed E-state index contributed by atoms with van der Waals surface area (Å²) < 4.78 is 47.8. The molecule has 3 heterocycles. The number of alkyl halides is 3. The second-order valence-electron chi connectivity index (χ2n) is 9.59. The molecule has 0 bridgehead atoms. The van der Waals surface area contributed by atoms with Crippen molar-refractivity contribution in [3.05, 3.63) is 110 Å². The van der Waals surface area contributed by atoms with Gasteiger partial charge in [0.05, 0.1) is 22.2 Å². The highest BCUT2D eigenvalue weighted by molar-refractivity contribution is 8.00. The molecule has 11 heteroatoms. The van der Waals surface area contributed by atoms with Crippen LogP contribution in [-0.2, 0) is 22.4 Å². The van der Waals surface area contributed by atoms with Gasteiger partial charge in [0.2, 0.25) is 11.8 Å². The zero-order chi connectivity index (χ0) is 28.2. The fourth-order valence-corrected chi connectivity index (χ4v) is 7.72. The highest BCUT2D eigenvalue weighted by atomic mass is 32.2. The zero-order valence-corrected chi connectivity index (χ0v) is 22.5. The van der Waals surface area contributed by atoms with Crippen LogP contribution in [0, 0.1) is 12.8 Å². The van der Waals surface area contributed by atoms with E-state index >= 15 is 0 Å². The Balaban J connectivity index is 1.44. The first kappa shape index (κ1) is 26.4. The number of nitrogens with one attached hydrogen (secondary N) is 1. The lowest BCUT2D eigenvalue weighted by Gasteiger charge is -2.30. The Morgan fingerprint density at radius 1 is 0.925 bits per heavy atom. The highest BCUT2D eigenvalue weighted by Gasteiger charge is 2.57. The number of imide groups is 1. The first-order chi connectivity index (χ1) is 19.1. The Morgan fingerprint density at radius 2 is 1.62 bits per heavy atom. The number of para-hydroxylation sites is 2. The molecule has 1 saturated heterocycles. The summed E-state index contributed by atoms with van der Waals surface area (Å²) in [5, 5.41) is -0.594. The molecule has 2 amide bonds. The summed E-state index contributed by atoms with van der Waals surface area (Å²) >= 11 is 1.93. The fraction of sp³-hybridized carbons (Fsp3) is 0.207. The highest BCUT2D eigenvalue weighted by Crippen LogP contribution is 2.55. The molecule has 3 atom stereocenters. The van der Waals surface area contributed by atoms with Crippen molar-refractivity contribution in [2.45, 2.75) is 35.9 Å². The van der Waals surface area contributed by atoms with Crippen LogP contribution in [-0.4, -0.2) is 22.0 Å². The lowest BCUT2D eigenvalue weighted by molar-refractivity contribution is -0.137. The van der Waals surface area contributed by atoms with E-state index in [4.69, 9.17) is 4.74 Å². The Hall–Kier alpha value is -3.83. The Kier molecular flexibility index (Phi) is 6.58. The number of hydrogen-bond donors (Lipinski definition) is 1. The van der Waals surface area contributed by atoms with Crippen LogP contribution in [0.15, 0.2) is 82.6 Å². The van der Waals surface area contributed by atoms with E-state index in [9.17, 15) is 27.6 Å². The monoisotopic (exact) mass is 582 g/mol. The molecule has 3 aromatic carbocycles. The first-order valence-corrected chi connectivity index (χ1v) is 14.0. The number of carbonyl (C=O) groups excluding carboxylic acids is 2. The summed E-state index contributed by atoms with van der Waals surface area (Å²) in [6.45, 7) is 2.22. The molecule has 1 fully saturated rings. The van der Waals surface area contributed by atoms with Gasteiger partial charge >= 0.3 is 11.0 Å². The number of thiazole rings is 1. The molecule has 0 spiro atoms. The average Bonchev–Trinajstić information content (AvgIpc) is 3.42. The predicted molar refractivity (Wildman–Crippen MR) is 146 cm³/mol. The quantitative estimate of drug-likeness (QED) is 0.286. The zero-order valence-electron chi connectivity index (χ0n) is 20.9. The van der Waals surface area contributed by atoms with Gasteiger partial charge in [-0.05, 0) is 30.7 Å². The molecule has 4 aromatic rings. The number of amides is 2. The fourth-order valence-electron chi connectivity index (χ4n) is 5.21. The van der Waals surface area contributed by atoms with Gasteiger partial charge in [-0.3, -0.25) is 14.4 Å². The molecule has 6 nitrogen and oxygen atoms in total. The summed E-state index contributed by atoms with van der Waals surface area (Å²) in [5.74, 6) is -2.86. The minimum Gasteiger partial charge on any atom is -0.489 e. The number of halogens is 3. The Labute approximate surface area is 234 Å². The lowest BCUT2D eigenvalue weighted by Crippen LogP contribution is -2.33. The minimum absolute atomic E-state index is 0.237. The molecule has 2 aliphatic heterocycles. The molecule has 2 aliphatic rings. The molecule has 6 rings (SSSR count). The van der Waals surface area contributed by atoms with Crippen LogP contribution in [0.3, 0.4) is 0 Å². The van der Waals surface area contributed by atoms with E-state index in [2.05, 4.69) is 4.98 Å². The van der Waals surface area contributed by atoms with E-state index < -0.39 is 46.3 Å². The number of benzene rings is 3. The molecule has 3 unspecified atom stereocenters. The second-order valence-corrected chi connectivity index (χ2v) is 11.8. The van der Waals surface area contributed by atoms with Gasteiger partial charge in [-0.15, -0.1) is 0 Å². The van der Waals surface area contributed by atoms with Crippen molar-refractivity contribution >= 4 is 40.6 Å². The third-order valence-corrected chi connectivity index (χ3v) is 9.44. The van der Waals surface area contributed by atoms with Crippen molar-refractivity contribution in [2.75, 3.05) is 4.90 Å². The van der Waals surface area contributed by atoms with E-state index in [0.29, 0.717) is 26.1 Å². The van der Waals surface area contributed by atoms with E-state index in [-0.39, 0.29) is 11.5 Å². The normalized spacial score (nSPS) is 20.4.